The molecule has 2 heterocycles. The highest BCUT2D eigenvalue weighted by Crippen LogP contribution is 2.08. The third kappa shape index (κ3) is 3.04. The van der Waals surface area contributed by atoms with Crippen LogP contribution in [0.3, 0.4) is 0 Å². The molecule has 1 aromatic rings. The monoisotopic (exact) mass is 240 g/mol. The molecule has 0 saturated carbocycles. The van der Waals surface area contributed by atoms with Crippen LogP contribution in [0.4, 0.5) is 0 Å². The zero-order chi connectivity index (χ0) is 12.3. The maximum atomic E-state index is 11.5. The van der Waals surface area contributed by atoms with Gasteiger partial charge in [0.15, 0.2) is 6.29 Å². The molecule has 1 N–H and O–H groups in total. The molecule has 0 aliphatic carbocycles. The van der Waals surface area contributed by atoms with E-state index in [0.29, 0.717) is 31.7 Å². The average molecular weight is 240 g/mol. The second-order valence-corrected chi connectivity index (χ2v) is 4.08. The minimum Gasteiger partial charge on any atom is -0.353 e. The Balaban J connectivity index is 2.01. The molecule has 0 unspecified atom stereocenters. The lowest BCUT2D eigenvalue weighted by atomic mass is 10.3. The molecular formula is C11H16N2O4. The van der Waals surface area contributed by atoms with Crippen LogP contribution in [0.2, 0.25) is 0 Å². The highest BCUT2D eigenvalue weighted by Gasteiger charge is 2.14. The SMILES string of the molecule is Cc1cn(CCC2OCCCO2)c(=O)[nH]c1=O. The topological polar surface area (TPSA) is 73.3 Å². The van der Waals surface area contributed by atoms with Crippen LogP contribution in [-0.2, 0) is 16.0 Å². The van der Waals surface area contributed by atoms with Gasteiger partial charge >= 0.3 is 5.69 Å². The van der Waals surface area contributed by atoms with Gasteiger partial charge in [-0.2, -0.15) is 0 Å². The van der Waals surface area contributed by atoms with Crippen molar-refractivity contribution in [3.05, 3.63) is 32.6 Å². The van der Waals surface area contributed by atoms with Crippen molar-refractivity contribution in [1.29, 1.82) is 0 Å². The van der Waals surface area contributed by atoms with Crippen molar-refractivity contribution in [3.8, 4) is 0 Å². The molecule has 0 bridgehead atoms. The summed E-state index contributed by atoms with van der Waals surface area (Å²) in [5, 5.41) is 0. The fourth-order valence-corrected chi connectivity index (χ4v) is 1.73. The molecule has 2 rings (SSSR count). The van der Waals surface area contributed by atoms with Gasteiger partial charge in [0.25, 0.3) is 5.56 Å². The molecule has 0 aromatic carbocycles. The van der Waals surface area contributed by atoms with E-state index >= 15 is 0 Å². The largest absolute Gasteiger partial charge is 0.353 e. The first-order valence-corrected chi connectivity index (χ1v) is 5.70. The van der Waals surface area contributed by atoms with Crippen LogP contribution in [0.5, 0.6) is 0 Å². The van der Waals surface area contributed by atoms with Crippen LogP contribution in [0.1, 0.15) is 18.4 Å². The summed E-state index contributed by atoms with van der Waals surface area (Å²) in [7, 11) is 0. The van der Waals surface area contributed by atoms with E-state index in [1.807, 2.05) is 0 Å². The summed E-state index contributed by atoms with van der Waals surface area (Å²) in [4.78, 5) is 24.9. The summed E-state index contributed by atoms with van der Waals surface area (Å²) >= 11 is 0. The standard InChI is InChI=1S/C11H16N2O4/c1-8-7-13(11(15)12-10(8)14)4-3-9-16-5-2-6-17-9/h7,9H,2-6H2,1H3,(H,12,14,15). The Morgan fingerprint density at radius 3 is 2.82 bits per heavy atom. The van der Waals surface area contributed by atoms with E-state index in [-0.39, 0.29) is 11.8 Å². The summed E-state index contributed by atoms with van der Waals surface area (Å²) in [6.07, 6.45) is 2.83. The van der Waals surface area contributed by atoms with Crippen molar-refractivity contribution in [2.24, 2.45) is 0 Å². The molecule has 0 atom stereocenters. The van der Waals surface area contributed by atoms with Crippen LogP contribution in [0.25, 0.3) is 0 Å². The van der Waals surface area contributed by atoms with Crippen LogP contribution in [-0.4, -0.2) is 29.1 Å². The van der Waals surface area contributed by atoms with Gasteiger partial charge in [-0.15, -0.1) is 0 Å². The summed E-state index contributed by atoms with van der Waals surface area (Å²) in [6, 6.07) is 0. The molecule has 1 aromatic heterocycles. The summed E-state index contributed by atoms with van der Waals surface area (Å²) in [5.41, 5.74) is -0.206. The maximum Gasteiger partial charge on any atom is 0.328 e. The van der Waals surface area contributed by atoms with Crippen molar-refractivity contribution < 1.29 is 9.47 Å². The number of hydrogen-bond acceptors (Lipinski definition) is 4. The van der Waals surface area contributed by atoms with Crippen LogP contribution < -0.4 is 11.2 Å². The number of nitrogens with zero attached hydrogens (tertiary/aromatic N) is 1. The van der Waals surface area contributed by atoms with Gasteiger partial charge in [-0.1, -0.05) is 0 Å². The Morgan fingerprint density at radius 2 is 2.12 bits per heavy atom. The third-order valence-corrected chi connectivity index (χ3v) is 2.69. The Morgan fingerprint density at radius 1 is 1.41 bits per heavy atom. The van der Waals surface area contributed by atoms with Gasteiger partial charge in [0.05, 0.1) is 13.2 Å². The van der Waals surface area contributed by atoms with E-state index in [1.165, 1.54) is 4.57 Å². The van der Waals surface area contributed by atoms with Crippen LogP contribution in [0.15, 0.2) is 15.8 Å². The third-order valence-electron chi connectivity index (χ3n) is 2.69. The molecule has 6 nitrogen and oxygen atoms in total. The van der Waals surface area contributed by atoms with Gasteiger partial charge in [-0.05, 0) is 13.3 Å². The minimum atomic E-state index is -0.392. The predicted octanol–water partition coefficient (Wildman–Crippen LogP) is -0.00188. The number of aromatic nitrogens is 2. The minimum absolute atomic E-state index is 0.247. The number of hydrogen-bond donors (Lipinski definition) is 1. The van der Waals surface area contributed by atoms with Crippen molar-refractivity contribution in [1.82, 2.24) is 9.55 Å². The second-order valence-electron chi connectivity index (χ2n) is 4.08. The quantitative estimate of drug-likeness (QED) is 0.807. The number of aromatic amines is 1. The Kier molecular flexibility index (Phi) is 3.75. The Hall–Kier alpha value is -1.40. The molecule has 1 fully saturated rings. The summed E-state index contributed by atoms with van der Waals surface area (Å²) in [5.74, 6) is 0. The molecule has 1 aliphatic rings. The van der Waals surface area contributed by atoms with Crippen molar-refractivity contribution >= 4 is 0 Å². The number of rotatable bonds is 3. The summed E-state index contributed by atoms with van der Waals surface area (Å²) in [6.45, 7) is 3.54. The first-order valence-electron chi connectivity index (χ1n) is 5.70. The zero-order valence-electron chi connectivity index (χ0n) is 9.77. The Labute approximate surface area is 98.2 Å². The number of nitrogens with one attached hydrogen (secondary N) is 1. The van der Waals surface area contributed by atoms with Crippen molar-refractivity contribution in [2.45, 2.75) is 32.6 Å². The summed E-state index contributed by atoms with van der Waals surface area (Å²) < 4.78 is 12.2. The first kappa shape index (κ1) is 12.1. The van der Waals surface area contributed by atoms with E-state index in [2.05, 4.69) is 4.98 Å². The molecule has 94 valence electrons. The lowest BCUT2D eigenvalue weighted by Gasteiger charge is -2.23. The van der Waals surface area contributed by atoms with E-state index in [4.69, 9.17) is 9.47 Å². The molecule has 0 radical (unpaired) electrons. The predicted molar refractivity (Wildman–Crippen MR) is 61.0 cm³/mol. The Bertz CT molecular complexity index is 485. The normalized spacial score (nSPS) is 17.2. The number of aryl methyl sites for hydroxylation is 2. The van der Waals surface area contributed by atoms with Crippen molar-refractivity contribution in [3.63, 3.8) is 0 Å². The molecule has 17 heavy (non-hydrogen) atoms. The van der Waals surface area contributed by atoms with Gasteiger partial charge < -0.3 is 14.0 Å². The smallest absolute Gasteiger partial charge is 0.328 e. The van der Waals surface area contributed by atoms with E-state index in [1.54, 1.807) is 13.1 Å². The van der Waals surface area contributed by atoms with Crippen LogP contribution >= 0.6 is 0 Å². The van der Waals surface area contributed by atoms with E-state index < -0.39 is 5.69 Å². The number of ether oxygens (including phenoxy) is 2. The van der Waals surface area contributed by atoms with Gasteiger partial charge in [0.1, 0.15) is 0 Å². The fourth-order valence-electron chi connectivity index (χ4n) is 1.73. The molecule has 0 spiro atoms. The highest BCUT2D eigenvalue weighted by atomic mass is 16.7. The van der Waals surface area contributed by atoms with Gasteiger partial charge in [0.2, 0.25) is 0 Å². The maximum absolute atomic E-state index is 11.5. The van der Waals surface area contributed by atoms with E-state index in [0.717, 1.165) is 6.42 Å². The van der Waals surface area contributed by atoms with Crippen molar-refractivity contribution in [2.75, 3.05) is 13.2 Å². The highest BCUT2D eigenvalue weighted by molar-refractivity contribution is 5.00. The molecule has 1 aliphatic heterocycles. The average Bonchev–Trinajstić information content (AvgIpc) is 2.33. The lowest BCUT2D eigenvalue weighted by Crippen LogP contribution is -2.33. The fraction of sp³-hybridized carbons (Fsp3) is 0.636. The van der Waals surface area contributed by atoms with Crippen LogP contribution in [0, 0.1) is 6.92 Å². The van der Waals surface area contributed by atoms with Gasteiger partial charge in [0, 0.05) is 24.7 Å². The second kappa shape index (κ2) is 5.29. The van der Waals surface area contributed by atoms with Gasteiger partial charge in [-0.3, -0.25) is 9.78 Å². The molecule has 1 saturated heterocycles. The first-order chi connectivity index (χ1) is 8.16. The lowest BCUT2D eigenvalue weighted by molar-refractivity contribution is -0.182. The zero-order valence-corrected chi connectivity index (χ0v) is 9.77. The number of H-pyrrole nitrogens is 1. The molecule has 6 heteroatoms. The van der Waals surface area contributed by atoms with E-state index in [9.17, 15) is 9.59 Å². The van der Waals surface area contributed by atoms with Gasteiger partial charge in [-0.25, -0.2) is 4.79 Å². The molecule has 0 amide bonds. The molecular weight excluding hydrogens is 224 g/mol.